The average molecular weight is 513 g/mol. The molecule has 0 unspecified atom stereocenters. The summed E-state index contributed by atoms with van der Waals surface area (Å²) < 4.78 is 26.0. The van der Waals surface area contributed by atoms with E-state index in [0.29, 0.717) is 15.5 Å². The summed E-state index contributed by atoms with van der Waals surface area (Å²) in [5, 5.41) is 10.6. The fraction of sp³-hybridized carbons (Fsp3) is 0.200. The van der Waals surface area contributed by atoms with E-state index in [9.17, 15) is 13.7 Å². The van der Waals surface area contributed by atoms with Crippen molar-refractivity contribution in [3.8, 4) is 28.5 Å². The standard InChI is InChI=1S/C30H28N2O2S2/c1-30(2,3)24-14-16-25(17-15-24)36(33,34)19-18-35-29-27(21-31)26(22-10-6-4-7-11-22)20-28(32-29)23-12-8-5-9-13-23/h4-17,20H,18-19H2,1-3H3. The zero-order chi connectivity index (χ0) is 25.8. The first kappa shape index (κ1) is 25.7. The van der Waals surface area contributed by atoms with E-state index in [2.05, 4.69) is 26.8 Å². The Hall–Kier alpha value is -3.40. The number of benzene rings is 3. The summed E-state index contributed by atoms with van der Waals surface area (Å²) >= 11 is 1.31. The number of sulfone groups is 1. The van der Waals surface area contributed by atoms with Gasteiger partial charge in [0.25, 0.3) is 0 Å². The zero-order valence-corrected chi connectivity index (χ0v) is 22.2. The van der Waals surface area contributed by atoms with Gasteiger partial charge in [-0.3, -0.25) is 0 Å². The lowest BCUT2D eigenvalue weighted by molar-refractivity contribution is 0.586. The van der Waals surface area contributed by atoms with Crippen LogP contribution in [0.15, 0.2) is 101 Å². The van der Waals surface area contributed by atoms with Crippen molar-refractivity contribution >= 4 is 21.6 Å². The SMILES string of the molecule is CC(C)(C)c1ccc(S(=O)(=O)CCSc2nc(-c3ccccc3)cc(-c3ccccc3)c2C#N)cc1. The molecule has 0 radical (unpaired) electrons. The number of nitrogens with zero attached hydrogens (tertiary/aromatic N) is 2. The molecular weight excluding hydrogens is 484 g/mol. The molecule has 0 bridgehead atoms. The highest BCUT2D eigenvalue weighted by Crippen LogP contribution is 2.34. The summed E-state index contributed by atoms with van der Waals surface area (Å²) in [6, 6.07) is 30.9. The molecule has 4 aromatic rings. The van der Waals surface area contributed by atoms with E-state index >= 15 is 0 Å². The van der Waals surface area contributed by atoms with Gasteiger partial charge in [0.2, 0.25) is 0 Å². The molecule has 0 amide bonds. The number of thioether (sulfide) groups is 1. The molecular formula is C30H28N2O2S2. The van der Waals surface area contributed by atoms with Crippen LogP contribution in [0.25, 0.3) is 22.4 Å². The van der Waals surface area contributed by atoms with Gasteiger partial charge in [-0.15, -0.1) is 11.8 Å². The summed E-state index contributed by atoms with van der Waals surface area (Å²) in [4.78, 5) is 5.09. The summed E-state index contributed by atoms with van der Waals surface area (Å²) in [7, 11) is -3.47. The van der Waals surface area contributed by atoms with Gasteiger partial charge in [0, 0.05) is 16.9 Å². The van der Waals surface area contributed by atoms with Gasteiger partial charge in [-0.2, -0.15) is 5.26 Å². The van der Waals surface area contributed by atoms with Crippen LogP contribution in [-0.4, -0.2) is 24.9 Å². The van der Waals surface area contributed by atoms with E-state index in [1.54, 1.807) is 12.1 Å². The number of hydrogen-bond donors (Lipinski definition) is 0. The van der Waals surface area contributed by atoms with Gasteiger partial charge in [-0.1, -0.05) is 93.6 Å². The summed E-state index contributed by atoms with van der Waals surface area (Å²) in [5.41, 5.74) is 4.89. The van der Waals surface area contributed by atoms with Crippen LogP contribution in [-0.2, 0) is 15.3 Å². The Morgan fingerprint density at radius 2 is 1.44 bits per heavy atom. The van der Waals surface area contributed by atoms with Crippen LogP contribution >= 0.6 is 11.8 Å². The number of pyridine rings is 1. The minimum Gasteiger partial charge on any atom is -0.240 e. The Kier molecular flexibility index (Phi) is 7.63. The van der Waals surface area contributed by atoms with Crippen LogP contribution in [0, 0.1) is 11.3 Å². The molecule has 0 aliphatic heterocycles. The highest BCUT2D eigenvalue weighted by molar-refractivity contribution is 8.00. The second kappa shape index (κ2) is 10.7. The third-order valence-corrected chi connectivity index (χ3v) is 8.89. The molecule has 0 aliphatic rings. The van der Waals surface area contributed by atoms with E-state index in [1.165, 1.54) is 11.8 Å². The third kappa shape index (κ3) is 5.87. The van der Waals surface area contributed by atoms with Crippen molar-refractivity contribution in [2.45, 2.75) is 36.1 Å². The smallest absolute Gasteiger partial charge is 0.179 e. The highest BCUT2D eigenvalue weighted by Gasteiger charge is 2.20. The maximum absolute atomic E-state index is 13.0. The molecule has 1 aromatic heterocycles. The molecule has 0 fully saturated rings. The molecule has 0 atom stereocenters. The van der Waals surface area contributed by atoms with E-state index < -0.39 is 9.84 Å². The second-order valence-electron chi connectivity index (χ2n) is 9.52. The molecule has 4 rings (SSSR count). The van der Waals surface area contributed by atoms with Crippen molar-refractivity contribution in [1.82, 2.24) is 4.98 Å². The van der Waals surface area contributed by atoms with Gasteiger partial charge in [0.15, 0.2) is 9.84 Å². The van der Waals surface area contributed by atoms with Crippen molar-refractivity contribution in [2.24, 2.45) is 0 Å². The number of nitriles is 1. The minimum atomic E-state index is -3.47. The van der Waals surface area contributed by atoms with Crippen LogP contribution in [0.2, 0.25) is 0 Å². The lowest BCUT2D eigenvalue weighted by Crippen LogP contribution is -2.13. The largest absolute Gasteiger partial charge is 0.240 e. The lowest BCUT2D eigenvalue weighted by atomic mass is 9.87. The second-order valence-corrected chi connectivity index (χ2v) is 12.7. The minimum absolute atomic E-state index is 0.0439. The van der Waals surface area contributed by atoms with Gasteiger partial charge in [0.1, 0.15) is 11.1 Å². The Morgan fingerprint density at radius 3 is 2.00 bits per heavy atom. The van der Waals surface area contributed by atoms with Crippen molar-refractivity contribution in [1.29, 1.82) is 5.26 Å². The van der Waals surface area contributed by atoms with Gasteiger partial charge >= 0.3 is 0 Å². The quantitative estimate of drug-likeness (QED) is 0.246. The normalized spacial score (nSPS) is 11.7. The lowest BCUT2D eigenvalue weighted by Gasteiger charge is -2.19. The van der Waals surface area contributed by atoms with Crippen molar-refractivity contribution < 1.29 is 8.42 Å². The molecule has 36 heavy (non-hydrogen) atoms. The van der Waals surface area contributed by atoms with Gasteiger partial charge in [-0.05, 0) is 34.7 Å². The van der Waals surface area contributed by atoms with E-state index in [0.717, 1.165) is 27.9 Å². The van der Waals surface area contributed by atoms with E-state index in [-0.39, 0.29) is 16.9 Å². The molecule has 0 aliphatic carbocycles. The number of aromatic nitrogens is 1. The first-order valence-corrected chi connectivity index (χ1v) is 14.3. The molecule has 182 valence electrons. The summed E-state index contributed by atoms with van der Waals surface area (Å²) in [5.74, 6) is 0.243. The molecule has 1 heterocycles. The average Bonchev–Trinajstić information content (AvgIpc) is 2.88. The topological polar surface area (TPSA) is 70.8 Å². The molecule has 0 N–H and O–H groups in total. The molecule has 0 saturated carbocycles. The Labute approximate surface area is 218 Å². The molecule has 3 aromatic carbocycles. The van der Waals surface area contributed by atoms with Crippen molar-refractivity contribution in [2.75, 3.05) is 11.5 Å². The fourth-order valence-electron chi connectivity index (χ4n) is 3.86. The van der Waals surface area contributed by atoms with E-state index in [1.807, 2.05) is 78.9 Å². The number of hydrogen-bond acceptors (Lipinski definition) is 5. The summed E-state index contributed by atoms with van der Waals surface area (Å²) in [6.45, 7) is 6.29. The Balaban J connectivity index is 1.63. The highest BCUT2D eigenvalue weighted by atomic mass is 32.2. The van der Waals surface area contributed by atoms with E-state index in [4.69, 9.17) is 4.98 Å². The van der Waals surface area contributed by atoms with Gasteiger partial charge < -0.3 is 0 Å². The van der Waals surface area contributed by atoms with Crippen molar-refractivity contribution in [3.63, 3.8) is 0 Å². The van der Waals surface area contributed by atoms with Crippen LogP contribution in [0.3, 0.4) is 0 Å². The maximum Gasteiger partial charge on any atom is 0.179 e. The van der Waals surface area contributed by atoms with Crippen LogP contribution in [0.1, 0.15) is 31.9 Å². The fourth-order valence-corrected chi connectivity index (χ4v) is 6.52. The predicted molar refractivity (Wildman–Crippen MR) is 148 cm³/mol. The first-order valence-electron chi connectivity index (χ1n) is 11.7. The number of rotatable bonds is 7. The molecule has 6 heteroatoms. The third-order valence-electron chi connectivity index (χ3n) is 5.92. The monoisotopic (exact) mass is 512 g/mol. The van der Waals surface area contributed by atoms with Crippen LogP contribution in [0.4, 0.5) is 0 Å². The zero-order valence-electron chi connectivity index (χ0n) is 20.6. The molecule has 0 saturated heterocycles. The van der Waals surface area contributed by atoms with Gasteiger partial charge in [0.05, 0.1) is 21.9 Å². The first-order chi connectivity index (χ1) is 17.2. The van der Waals surface area contributed by atoms with Crippen LogP contribution < -0.4 is 0 Å². The van der Waals surface area contributed by atoms with Crippen molar-refractivity contribution in [3.05, 3.63) is 102 Å². The van der Waals surface area contributed by atoms with Gasteiger partial charge in [-0.25, -0.2) is 13.4 Å². The summed E-state index contributed by atoms with van der Waals surface area (Å²) in [6.07, 6.45) is 0. The Bertz CT molecular complexity index is 1490. The predicted octanol–water partition coefficient (Wildman–Crippen LogP) is 7.15. The van der Waals surface area contributed by atoms with Crippen LogP contribution in [0.5, 0.6) is 0 Å². The molecule has 0 spiro atoms. The molecule has 4 nitrogen and oxygen atoms in total. The Morgan fingerprint density at radius 1 is 0.861 bits per heavy atom. The maximum atomic E-state index is 13.0.